The molecule has 0 unspecified atom stereocenters. The molecule has 0 radical (unpaired) electrons. The molecule has 1 amide bonds. The van der Waals surface area contributed by atoms with Crippen molar-refractivity contribution < 1.29 is 27.1 Å². The number of pyridine rings is 1. The van der Waals surface area contributed by atoms with Gasteiger partial charge in [-0.15, -0.1) is 0 Å². The van der Waals surface area contributed by atoms with E-state index in [9.17, 15) is 22.4 Å². The molecule has 0 aliphatic carbocycles. The van der Waals surface area contributed by atoms with E-state index in [0.29, 0.717) is 24.7 Å². The first kappa shape index (κ1) is 22.6. The van der Waals surface area contributed by atoms with Crippen LogP contribution in [0.2, 0.25) is 0 Å². The van der Waals surface area contributed by atoms with E-state index in [2.05, 4.69) is 43.5 Å². The van der Waals surface area contributed by atoms with Crippen LogP contribution in [0, 0.1) is 9.52 Å². The molecule has 0 aliphatic heterocycles. The summed E-state index contributed by atoms with van der Waals surface area (Å²) in [5.74, 6) is -2.25. The van der Waals surface area contributed by atoms with Crippen molar-refractivity contribution in [2.24, 2.45) is 7.05 Å². The highest BCUT2D eigenvalue weighted by Gasteiger charge is 2.30. The molecule has 2 heterocycles. The second-order valence-electron chi connectivity index (χ2n) is 6.27. The number of hydrogen-bond donors (Lipinski definition) is 2. The number of halogens is 6. The number of carbonyl (C=O) groups excluding carboxylic acids is 1. The molecule has 3 aromatic rings. The van der Waals surface area contributed by atoms with Crippen LogP contribution in [-0.4, -0.2) is 35.3 Å². The maximum Gasteiger partial charge on any atom is 0.405 e. The van der Waals surface area contributed by atoms with Gasteiger partial charge in [-0.25, -0.2) is 9.37 Å². The Morgan fingerprint density at radius 1 is 1.40 bits per heavy atom. The van der Waals surface area contributed by atoms with E-state index < -0.39 is 30.0 Å². The lowest BCUT2D eigenvalue weighted by atomic mass is 10.0. The summed E-state index contributed by atoms with van der Waals surface area (Å²) < 4.78 is 60.4. The van der Waals surface area contributed by atoms with E-state index in [1.807, 2.05) is 4.57 Å². The third-order valence-corrected chi connectivity index (χ3v) is 6.20. The lowest BCUT2D eigenvalue weighted by Crippen LogP contribution is -2.34. The highest BCUT2D eigenvalue weighted by atomic mass is 127. The van der Waals surface area contributed by atoms with Gasteiger partial charge in [-0.3, -0.25) is 4.79 Å². The number of hydrogen-bond acceptors (Lipinski definition) is 4. The molecule has 12 heteroatoms. The minimum atomic E-state index is -4.63. The number of benzene rings is 1. The van der Waals surface area contributed by atoms with Gasteiger partial charge in [0.15, 0.2) is 0 Å². The number of nitrogens with zero attached hydrogens (tertiary/aromatic N) is 2. The van der Waals surface area contributed by atoms with Crippen LogP contribution in [0.3, 0.4) is 0 Å². The van der Waals surface area contributed by atoms with Gasteiger partial charge in [-0.1, -0.05) is 0 Å². The number of nitrogens with one attached hydrogen (secondary N) is 1. The number of rotatable bonds is 4. The smallest absolute Gasteiger partial charge is 0.405 e. The highest BCUT2D eigenvalue weighted by molar-refractivity contribution is 14.1. The van der Waals surface area contributed by atoms with Crippen molar-refractivity contribution in [2.75, 3.05) is 19.4 Å². The number of ether oxygens (including phenoxy) is 1. The predicted octanol–water partition coefficient (Wildman–Crippen LogP) is 4.63. The Kier molecular flexibility index (Phi) is 6.18. The van der Waals surface area contributed by atoms with E-state index in [0.717, 1.165) is 11.6 Å². The lowest BCUT2D eigenvalue weighted by Gasteiger charge is -2.14. The topological polar surface area (TPSA) is 82.2 Å². The molecule has 2 aromatic heterocycles. The van der Waals surface area contributed by atoms with Gasteiger partial charge in [0.1, 0.15) is 29.5 Å². The zero-order valence-electron chi connectivity index (χ0n) is 15.5. The molecule has 0 fully saturated rings. The van der Waals surface area contributed by atoms with Crippen LogP contribution < -0.4 is 15.8 Å². The van der Waals surface area contributed by atoms with Gasteiger partial charge in [0.25, 0.3) is 5.91 Å². The lowest BCUT2D eigenvalue weighted by molar-refractivity contribution is -0.123. The molecule has 30 heavy (non-hydrogen) atoms. The molecule has 0 atom stereocenters. The van der Waals surface area contributed by atoms with Crippen molar-refractivity contribution in [3.63, 3.8) is 0 Å². The maximum atomic E-state index is 14.9. The van der Waals surface area contributed by atoms with E-state index in [-0.39, 0.29) is 11.6 Å². The second kappa shape index (κ2) is 8.21. The number of aromatic nitrogens is 2. The van der Waals surface area contributed by atoms with Crippen LogP contribution >= 0.6 is 38.5 Å². The van der Waals surface area contributed by atoms with Crippen molar-refractivity contribution in [3.8, 4) is 16.9 Å². The molecule has 1 aromatic carbocycles. The van der Waals surface area contributed by atoms with Crippen molar-refractivity contribution in [2.45, 2.75) is 6.18 Å². The summed E-state index contributed by atoms with van der Waals surface area (Å²) in [6.45, 7) is -1.59. The first-order valence-corrected chi connectivity index (χ1v) is 10.1. The Morgan fingerprint density at radius 2 is 2.07 bits per heavy atom. The quantitative estimate of drug-likeness (QED) is 0.338. The minimum Gasteiger partial charge on any atom is -0.496 e. The molecule has 0 saturated heterocycles. The SMILES string of the molecule is COc1cc(-c2c(I)n(C)c3c(Br)cnc(N)c23)cc(F)c1C(=O)NCC(F)(F)F. The molecule has 0 saturated carbocycles. The monoisotopic (exact) mass is 600 g/mol. The summed E-state index contributed by atoms with van der Waals surface area (Å²) in [4.78, 5) is 16.3. The standard InChI is InChI=1S/C18H14BrF4IN4O2/c1-28-14-8(19)5-26-16(25)13(14)11(15(28)24)7-3-9(20)12(10(4-7)30-2)17(29)27-6-18(21,22)23/h3-5H,6H2,1-2H3,(H2,25,26)(H,27,29). The van der Waals surface area contributed by atoms with Gasteiger partial charge in [0.05, 0.1) is 26.2 Å². The van der Waals surface area contributed by atoms with Crippen molar-refractivity contribution >= 4 is 61.1 Å². The minimum absolute atomic E-state index is 0.209. The van der Waals surface area contributed by atoms with Gasteiger partial charge in [0.2, 0.25) is 0 Å². The molecular weight excluding hydrogens is 587 g/mol. The summed E-state index contributed by atoms with van der Waals surface area (Å²) in [5, 5.41) is 2.21. The van der Waals surface area contributed by atoms with E-state index in [1.165, 1.54) is 13.2 Å². The number of aryl methyl sites for hydroxylation is 1. The van der Waals surface area contributed by atoms with Crippen molar-refractivity contribution in [1.82, 2.24) is 14.9 Å². The maximum absolute atomic E-state index is 14.9. The molecule has 3 N–H and O–H groups in total. The summed E-state index contributed by atoms with van der Waals surface area (Å²) in [5.41, 5.74) is 7.07. The third-order valence-electron chi connectivity index (χ3n) is 4.36. The Morgan fingerprint density at radius 3 is 2.67 bits per heavy atom. The molecular formula is C18H14BrF4IN4O2. The van der Waals surface area contributed by atoms with E-state index in [1.54, 1.807) is 18.6 Å². The normalized spacial score (nSPS) is 11.7. The van der Waals surface area contributed by atoms with Crippen molar-refractivity contribution in [3.05, 3.63) is 37.9 Å². The molecule has 0 aliphatic rings. The number of carbonyl (C=O) groups is 1. The zero-order chi connectivity index (χ0) is 22.4. The van der Waals surface area contributed by atoms with Gasteiger partial charge in [0, 0.05) is 18.8 Å². The molecule has 6 nitrogen and oxygen atoms in total. The Hall–Kier alpha value is -2.09. The average molecular weight is 601 g/mol. The fourth-order valence-electron chi connectivity index (χ4n) is 3.08. The number of methoxy groups -OCH3 is 1. The van der Waals surface area contributed by atoms with Crippen LogP contribution in [0.4, 0.5) is 23.4 Å². The first-order valence-electron chi connectivity index (χ1n) is 8.27. The molecule has 0 bridgehead atoms. The summed E-state index contributed by atoms with van der Waals surface area (Å²) in [6, 6.07) is 2.44. The average Bonchev–Trinajstić information content (AvgIpc) is 2.94. The number of anilines is 1. The molecule has 3 rings (SSSR count). The van der Waals surface area contributed by atoms with Gasteiger partial charge in [-0.05, 0) is 56.2 Å². The number of nitrogen functional groups attached to an aromatic ring is 1. The number of alkyl halides is 3. The molecule has 160 valence electrons. The number of nitrogens with two attached hydrogens (primary N) is 1. The Bertz CT molecular complexity index is 1160. The third kappa shape index (κ3) is 4.06. The summed E-state index contributed by atoms with van der Waals surface area (Å²) >= 11 is 5.49. The van der Waals surface area contributed by atoms with E-state index in [4.69, 9.17) is 10.5 Å². The first-order chi connectivity index (χ1) is 14.0. The number of fused-ring (bicyclic) bond motifs is 1. The fraction of sp³-hybridized carbons (Fsp3) is 0.222. The van der Waals surface area contributed by atoms with Gasteiger partial charge in [-0.2, -0.15) is 13.2 Å². The van der Waals surface area contributed by atoms with Crippen LogP contribution in [0.25, 0.3) is 22.0 Å². The molecule has 0 spiro atoms. The van der Waals surface area contributed by atoms with Crippen molar-refractivity contribution in [1.29, 1.82) is 0 Å². The van der Waals surface area contributed by atoms with E-state index >= 15 is 0 Å². The van der Waals surface area contributed by atoms with Crippen LogP contribution in [0.1, 0.15) is 10.4 Å². The predicted molar refractivity (Wildman–Crippen MR) is 116 cm³/mol. The van der Waals surface area contributed by atoms with Crippen LogP contribution in [0.15, 0.2) is 22.8 Å². The van der Waals surface area contributed by atoms with Gasteiger partial charge < -0.3 is 20.4 Å². The summed E-state index contributed by atoms with van der Waals surface area (Å²) in [6.07, 6.45) is -3.08. The fourth-order valence-corrected chi connectivity index (χ4v) is 4.46. The Labute approximate surface area is 190 Å². The highest BCUT2D eigenvalue weighted by Crippen LogP contribution is 2.42. The van der Waals surface area contributed by atoms with Gasteiger partial charge >= 0.3 is 6.18 Å². The van der Waals surface area contributed by atoms with Crippen LogP contribution in [0.5, 0.6) is 5.75 Å². The zero-order valence-corrected chi connectivity index (χ0v) is 19.2. The van der Waals surface area contributed by atoms with Crippen LogP contribution in [-0.2, 0) is 7.05 Å². The Balaban J connectivity index is 2.19. The summed E-state index contributed by atoms with van der Waals surface area (Å²) in [7, 11) is 2.99. The second-order valence-corrected chi connectivity index (χ2v) is 8.15. The largest absolute Gasteiger partial charge is 0.496 e. The number of amides is 1.